The first-order valence-corrected chi connectivity index (χ1v) is 5.20. The van der Waals surface area contributed by atoms with E-state index in [1.54, 1.807) is 35.1 Å². The van der Waals surface area contributed by atoms with Crippen molar-refractivity contribution in [3.63, 3.8) is 0 Å². The summed E-state index contributed by atoms with van der Waals surface area (Å²) in [6.07, 6.45) is 3.67. The fourth-order valence-corrected chi connectivity index (χ4v) is 1.44. The van der Waals surface area contributed by atoms with Crippen LogP contribution in [0.5, 0.6) is 5.75 Å². The lowest BCUT2D eigenvalue weighted by atomic mass is 10.2. The van der Waals surface area contributed by atoms with Crippen molar-refractivity contribution in [2.75, 3.05) is 0 Å². The lowest BCUT2D eigenvalue weighted by Crippen LogP contribution is -2.10. The molecule has 0 spiro atoms. The van der Waals surface area contributed by atoms with Crippen molar-refractivity contribution in [1.82, 2.24) is 9.78 Å². The van der Waals surface area contributed by atoms with Gasteiger partial charge in [-0.05, 0) is 24.3 Å². The smallest absolute Gasteiger partial charge is 0.122 e. The molecule has 0 atom stereocenters. The Morgan fingerprint density at radius 1 is 1.39 bits per heavy atom. The molecule has 0 saturated carbocycles. The molecule has 18 heavy (non-hydrogen) atoms. The van der Waals surface area contributed by atoms with E-state index in [1.165, 1.54) is 0 Å². The maximum atomic E-state index is 7.27. The van der Waals surface area contributed by atoms with E-state index in [0.29, 0.717) is 12.2 Å². The highest BCUT2D eigenvalue weighted by Gasteiger charge is 2.00. The SMILES string of the molecule is Cl.Cn1cc(COc2ccc(C(=N)N)cc2)cn1. The molecule has 2 aromatic rings. The predicted molar refractivity (Wildman–Crippen MR) is 72.2 cm³/mol. The van der Waals surface area contributed by atoms with Gasteiger partial charge < -0.3 is 10.5 Å². The highest BCUT2D eigenvalue weighted by molar-refractivity contribution is 5.94. The first-order chi connectivity index (χ1) is 8.15. The summed E-state index contributed by atoms with van der Waals surface area (Å²) in [6.45, 7) is 0.479. The molecule has 0 bridgehead atoms. The zero-order valence-corrected chi connectivity index (χ0v) is 10.8. The van der Waals surface area contributed by atoms with Gasteiger partial charge in [-0.3, -0.25) is 10.1 Å². The summed E-state index contributed by atoms with van der Waals surface area (Å²) in [5, 5.41) is 11.3. The maximum absolute atomic E-state index is 7.27. The largest absolute Gasteiger partial charge is 0.489 e. The average molecular weight is 267 g/mol. The number of nitrogens with zero attached hydrogens (tertiary/aromatic N) is 2. The molecular formula is C12H15ClN4O. The first-order valence-electron chi connectivity index (χ1n) is 5.20. The van der Waals surface area contributed by atoms with Gasteiger partial charge in [-0.15, -0.1) is 12.4 Å². The quantitative estimate of drug-likeness (QED) is 0.653. The van der Waals surface area contributed by atoms with Crippen LogP contribution in [0.25, 0.3) is 0 Å². The van der Waals surface area contributed by atoms with E-state index < -0.39 is 0 Å². The summed E-state index contributed by atoms with van der Waals surface area (Å²) in [6, 6.07) is 7.13. The molecule has 1 aromatic heterocycles. The molecule has 0 aliphatic heterocycles. The number of amidine groups is 1. The van der Waals surface area contributed by atoms with Crippen LogP contribution in [0, 0.1) is 5.41 Å². The molecule has 0 aliphatic rings. The van der Waals surface area contributed by atoms with Gasteiger partial charge in [-0.1, -0.05) is 0 Å². The fraction of sp³-hybridized carbons (Fsp3) is 0.167. The monoisotopic (exact) mass is 266 g/mol. The summed E-state index contributed by atoms with van der Waals surface area (Å²) in [7, 11) is 1.87. The molecule has 0 unspecified atom stereocenters. The number of hydrogen-bond acceptors (Lipinski definition) is 3. The van der Waals surface area contributed by atoms with Gasteiger partial charge in [0.15, 0.2) is 0 Å². The van der Waals surface area contributed by atoms with Crippen molar-refractivity contribution < 1.29 is 4.74 Å². The number of rotatable bonds is 4. The third-order valence-corrected chi connectivity index (χ3v) is 2.33. The minimum atomic E-state index is 0. The van der Waals surface area contributed by atoms with Crippen LogP contribution < -0.4 is 10.5 Å². The Balaban J connectivity index is 0.00000162. The second-order valence-corrected chi connectivity index (χ2v) is 3.75. The van der Waals surface area contributed by atoms with Crippen molar-refractivity contribution in [3.8, 4) is 5.75 Å². The number of nitrogens with one attached hydrogen (secondary N) is 1. The topological polar surface area (TPSA) is 76.9 Å². The van der Waals surface area contributed by atoms with Crippen LogP contribution in [-0.2, 0) is 13.7 Å². The third-order valence-electron chi connectivity index (χ3n) is 2.33. The summed E-state index contributed by atoms with van der Waals surface area (Å²) >= 11 is 0. The molecule has 5 nitrogen and oxygen atoms in total. The summed E-state index contributed by atoms with van der Waals surface area (Å²) < 4.78 is 7.31. The summed E-state index contributed by atoms with van der Waals surface area (Å²) in [4.78, 5) is 0. The number of aryl methyl sites for hydroxylation is 1. The van der Waals surface area contributed by atoms with E-state index in [9.17, 15) is 0 Å². The van der Waals surface area contributed by atoms with E-state index in [1.807, 2.05) is 13.2 Å². The Morgan fingerprint density at radius 2 is 2.06 bits per heavy atom. The third kappa shape index (κ3) is 3.49. The van der Waals surface area contributed by atoms with Gasteiger partial charge >= 0.3 is 0 Å². The Kier molecular flexibility index (Phi) is 4.74. The number of ether oxygens (including phenoxy) is 1. The molecule has 6 heteroatoms. The molecule has 2 rings (SSSR count). The lowest BCUT2D eigenvalue weighted by Gasteiger charge is -2.05. The van der Waals surface area contributed by atoms with Crippen LogP contribution in [-0.4, -0.2) is 15.6 Å². The number of aromatic nitrogens is 2. The van der Waals surface area contributed by atoms with Crippen molar-refractivity contribution in [1.29, 1.82) is 5.41 Å². The molecule has 0 radical (unpaired) electrons. The molecule has 1 aromatic carbocycles. The second kappa shape index (κ2) is 6.07. The van der Waals surface area contributed by atoms with Crippen LogP contribution in [0.1, 0.15) is 11.1 Å². The maximum Gasteiger partial charge on any atom is 0.122 e. The average Bonchev–Trinajstić information content (AvgIpc) is 2.73. The predicted octanol–water partition coefficient (Wildman–Crippen LogP) is 1.70. The van der Waals surface area contributed by atoms with Gasteiger partial charge in [0.1, 0.15) is 18.2 Å². The molecule has 96 valence electrons. The number of nitrogen functional groups attached to an aromatic ring is 1. The molecule has 0 saturated heterocycles. The molecule has 0 aliphatic carbocycles. The van der Waals surface area contributed by atoms with Crippen LogP contribution in [0.4, 0.5) is 0 Å². The van der Waals surface area contributed by atoms with Crippen molar-refractivity contribution >= 4 is 18.2 Å². The van der Waals surface area contributed by atoms with Crippen molar-refractivity contribution in [3.05, 3.63) is 47.8 Å². The van der Waals surface area contributed by atoms with E-state index in [2.05, 4.69) is 5.10 Å². The molecule has 0 amide bonds. The standard InChI is InChI=1S/C12H14N4O.ClH/c1-16-7-9(6-15-16)8-17-11-4-2-10(3-5-11)12(13)14;/h2-7H,8H2,1H3,(H3,13,14);1H. The molecular weight excluding hydrogens is 252 g/mol. The Morgan fingerprint density at radius 3 is 2.56 bits per heavy atom. The first kappa shape index (κ1) is 14.1. The minimum absolute atomic E-state index is 0. The Labute approximate surface area is 111 Å². The van der Waals surface area contributed by atoms with Gasteiger partial charge in [0.25, 0.3) is 0 Å². The second-order valence-electron chi connectivity index (χ2n) is 3.75. The Hall–Kier alpha value is -2.01. The minimum Gasteiger partial charge on any atom is -0.489 e. The number of hydrogen-bond donors (Lipinski definition) is 2. The highest BCUT2D eigenvalue weighted by atomic mass is 35.5. The summed E-state index contributed by atoms with van der Waals surface area (Å²) in [5.41, 5.74) is 7.07. The number of benzene rings is 1. The van der Waals surface area contributed by atoms with Crippen LogP contribution in [0.15, 0.2) is 36.7 Å². The van der Waals surface area contributed by atoms with E-state index in [4.69, 9.17) is 15.9 Å². The molecule has 1 heterocycles. The zero-order valence-electron chi connectivity index (χ0n) is 9.96. The van der Waals surface area contributed by atoms with Crippen LogP contribution >= 0.6 is 12.4 Å². The van der Waals surface area contributed by atoms with Crippen LogP contribution in [0.2, 0.25) is 0 Å². The van der Waals surface area contributed by atoms with E-state index >= 15 is 0 Å². The van der Waals surface area contributed by atoms with Gasteiger partial charge in [0.2, 0.25) is 0 Å². The van der Waals surface area contributed by atoms with Gasteiger partial charge in [-0.25, -0.2) is 0 Å². The van der Waals surface area contributed by atoms with Crippen LogP contribution in [0.3, 0.4) is 0 Å². The van der Waals surface area contributed by atoms with Gasteiger partial charge in [0.05, 0.1) is 6.20 Å². The molecule has 0 fully saturated rings. The molecule has 3 N–H and O–H groups in total. The van der Waals surface area contributed by atoms with E-state index in [0.717, 1.165) is 11.3 Å². The summed E-state index contributed by atoms with van der Waals surface area (Å²) in [5.74, 6) is 0.808. The highest BCUT2D eigenvalue weighted by Crippen LogP contribution is 2.13. The number of nitrogens with two attached hydrogens (primary N) is 1. The van der Waals surface area contributed by atoms with Gasteiger partial charge in [-0.2, -0.15) is 5.10 Å². The lowest BCUT2D eigenvalue weighted by molar-refractivity contribution is 0.306. The van der Waals surface area contributed by atoms with Crippen molar-refractivity contribution in [2.45, 2.75) is 6.61 Å². The van der Waals surface area contributed by atoms with Crippen molar-refractivity contribution in [2.24, 2.45) is 12.8 Å². The Bertz CT molecular complexity index is 521. The zero-order chi connectivity index (χ0) is 12.3. The van der Waals surface area contributed by atoms with E-state index in [-0.39, 0.29) is 18.2 Å². The number of halogens is 1. The fourth-order valence-electron chi connectivity index (χ4n) is 1.44. The van der Waals surface area contributed by atoms with Gasteiger partial charge in [0, 0.05) is 24.4 Å². The normalized spacial score (nSPS) is 9.61.